The van der Waals surface area contributed by atoms with Crippen molar-refractivity contribution in [3.63, 3.8) is 0 Å². The van der Waals surface area contributed by atoms with E-state index in [0.717, 1.165) is 38.9 Å². The molecule has 1 spiro atoms. The van der Waals surface area contributed by atoms with E-state index in [1.807, 2.05) is 13.8 Å². The van der Waals surface area contributed by atoms with Crippen LogP contribution in [0.1, 0.15) is 38.7 Å². The second-order valence-electron chi connectivity index (χ2n) is 5.65. The Balaban J connectivity index is 0.000000704. The van der Waals surface area contributed by atoms with Gasteiger partial charge in [-0.05, 0) is 38.3 Å². The lowest BCUT2D eigenvalue weighted by atomic mass is 9.78. The maximum Gasteiger partial charge on any atom is 0.228 e. The zero-order valence-electron chi connectivity index (χ0n) is 12.9. The van der Waals surface area contributed by atoms with E-state index in [9.17, 15) is 4.79 Å². The number of carbonyl (C=O) groups is 1. The van der Waals surface area contributed by atoms with Crippen molar-refractivity contribution < 1.29 is 4.79 Å². The van der Waals surface area contributed by atoms with Crippen molar-refractivity contribution in [2.75, 3.05) is 24.5 Å². The van der Waals surface area contributed by atoms with Crippen molar-refractivity contribution in [3.8, 4) is 0 Å². The van der Waals surface area contributed by atoms with Gasteiger partial charge in [0.05, 0.1) is 5.41 Å². The van der Waals surface area contributed by atoms with Gasteiger partial charge in [0.15, 0.2) is 0 Å². The molecule has 1 atom stereocenters. The van der Waals surface area contributed by atoms with Crippen LogP contribution in [0.25, 0.3) is 0 Å². The lowest BCUT2D eigenvalue weighted by Gasteiger charge is -2.39. The van der Waals surface area contributed by atoms with Crippen LogP contribution in [0.15, 0.2) is 24.3 Å². The Kier molecular flexibility index (Phi) is 4.69. The third-order valence-corrected chi connectivity index (χ3v) is 4.35. The molecule has 0 radical (unpaired) electrons. The molecule has 1 unspecified atom stereocenters. The number of nitrogens with zero attached hydrogens (tertiary/aromatic N) is 1. The molecule has 2 aliphatic rings. The number of hydrogen-bond donors (Lipinski definition) is 1. The molecular weight excluding hydrogens is 248 g/mol. The topological polar surface area (TPSA) is 32.3 Å². The first-order valence-corrected chi connectivity index (χ1v) is 7.80. The molecule has 20 heavy (non-hydrogen) atoms. The number of carbonyl (C=O) groups excluding carboxylic acids is 1. The molecule has 2 saturated heterocycles. The van der Waals surface area contributed by atoms with Crippen LogP contribution in [-0.2, 0) is 4.79 Å². The van der Waals surface area contributed by atoms with Crippen LogP contribution in [-0.4, -0.2) is 25.5 Å². The van der Waals surface area contributed by atoms with Crippen molar-refractivity contribution in [2.24, 2.45) is 5.41 Å². The number of hydrogen-bond acceptors (Lipinski definition) is 2. The van der Waals surface area contributed by atoms with E-state index in [4.69, 9.17) is 0 Å². The van der Waals surface area contributed by atoms with Crippen LogP contribution in [0.4, 0.5) is 5.69 Å². The van der Waals surface area contributed by atoms with Gasteiger partial charge < -0.3 is 10.2 Å². The van der Waals surface area contributed by atoms with Gasteiger partial charge in [-0.15, -0.1) is 0 Å². The smallest absolute Gasteiger partial charge is 0.228 e. The summed E-state index contributed by atoms with van der Waals surface area (Å²) in [5.41, 5.74) is 2.41. The molecule has 0 aliphatic carbocycles. The highest BCUT2D eigenvalue weighted by molar-refractivity contribution is 5.85. The predicted octanol–water partition coefficient (Wildman–Crippen LogP) is 3.13. The number of nitrogens with one attached hydrogen (secondary N) is 1. The number of aryl methyl sites for hydroxylation is 1. The summed E-state index contributed by atoms with van der Waals surface area (Å²) in [6.07, 6.45) is 3.15. The second kappa shape index (κ2) is 6.29. The maximum absolute atomic E-state index is 12.0. The van der Waals surface area contributed by atoms with Crippen LogP contribution in [0.5, 0.6) is 0 Å². The highest BCUT2D eigenvalue weighted by atomic mass is 16.2. The maximum atomic E-state index is 12.0. The molecule has 2 heterocycles. The minimum atomic E-state index is -0.122. The normalized spacial score (nSPS) is 25.1. The van der Waals surface area contributed by atoms with Crippen molar-refractivity contribution in [3.05, 3.63) is 29.8 Å². The van der Waals surface area contributed by atoms with E-state index in [0.29, 0.717) is 0 Å². The molecule has 1 amide bonds. The zero-order chi connectivity index (χ0) is 14.6. The Bertz CT molecular complexity index is 455. The molecule has 0 bridgehead atoms. The highest BCUT2D eigenvalue weighted by Crippen LogP contribution is 2.38. The Labute approximate surface area is 122 Å². The SMILES string of the molecule is CC.Cc1ccc(N2CCCC3(CCNC3=O)C2)cc1. The summed E-state index contributed by atoms with van der Waals surface area (Å²) in [5.74, 6) is 0.263. The summed E-state index contributed by atoms with van der Waals surface area (Å²) in [7, 11) is 0. The molecule has 2 aliphatic heterocycles. The summed E-state index contributed by atoms with van der Waals surface area (Å²) < 4.78 is 0. The Morgan fingerprint density at radius 2 is 1.85 bits per heavy atom. The standard InChI is InChI=1S/C15H20N2O.C2H6/c1-12-3-5-13(6-4-12)17-10-2-7-15(11-17)8-9-16-14(15)18;1-2/h3-6H,2,7-11H2,1H3,(H,16,18);1-2H3. The Morgan fingerprint density at radius 3 is 2.45 bits per heavy atom. The van der Waals surface area contributed by atoms with Crippen LogP contribution in [0.2, 0.25) is 0 Å². The molecule has 2 fully saturated rings. The molecule has 1 aromatic carbocycles. The first-order chi connectivity index (χ1) is 9.70. The summed E-state index contributed by atoms with van der Waals surface area (Å²) >= 11 is 0. The Morgan fingerprint density at radius 1 is 1.15 bits per heavy atom. The fraction of sp³-hybridized carbons (Fsp3) is 0.588. The Hall–Kier alpha value is -1.51. The van der Waals surface area contributed by atoms with Crippen molar-refractivity contribution in [1.29, 1.82) is 0 Å². The van der Waals surface area contributed by atoms with Gasteiger partial charge in [-0.2, -0.15) is 0 Å². The molecule has 0 aromatic heterocycles. The molecule has 0 saturated carbocycles. The van der Waals surface area contributed by atoms with E-state index in [1.165, 1.54) is 11.3 Å². The van der Waals surface area contributed by atoms with Crippen LogP contribution in [0, 0.1) is 12.3 Å². The molecule has 110 valence electrons. The highest BCUT2D eigenvalue weighted by Gasteiger charge is 2.45. The molecule has 1 N–H and O–H groups in total. The summed E-state index contributed by atoms with van der Waals surface area (Å²) in [5, 5.41) is 3.00. The number of rotatable bonds is 1. The van der Waals surface area contributed by atoms with Gasteiger partial charge in [0.25, 0.3) is 0 Å². The van der Waals surface area contributed by atoms with Crippen molar-refractivity contribution in [1.82, 2.24) is 5.32 Å². The second-order valence-corrected chi connectivity index (χ2v) is 5.65. The van der Waals surface area contributed by atoms with E-state index in [2.05, 4.69) is 41.4 Å². The van der Waals surface area contributed by atoms with E-state index < -0.39 is 0 Å². The number of benzene rings is 1. The zero-order valence-corrected chi connectivity index (χ0v) is 12.9. The van der Waals surface area contributed by atoms with Gasteiger partial charge in [-0.3, -0.25) is 4.79 Å². The molecule has 1 aromatic rings. The van der Waals surface area contributed by atoms with Gasteiger partial charge >= 0.3 is 0 Å². The predicted molar refractivity (Wildman–Crippen MR) is 84.0 cm³/mol. The molecule has 3 nitrogen and oxygen atoms in total. The van der Waals surface area contributed by atoms with Crippen molar-refractivity contribution >= 4 is 11.6 Å². The lowest BCUT2D eigenvalue weighted by Crippen LogP contribution is -2.47. The third kappa shape index (κ3) is 2.82. The van der Waals surface area contributed by atoms with Gasteiger partial charge in [0, 0.05) is 25.3 Å². The minimum Gasteiger partial charge on any atom is -0.370 e. The van der Waals surface area contributed by atoms with Gasteiger partial charge in [0.2, 0.25) is 5.91 Å². The third-order valence-electron chi connectivity index (χ3n) is 4.35. The van der Waals surface area contributed by atoms with E-state index in [1.54, 1.807) is 0 Å². The van der Waals surface area contributed by atoms with Crippen LogP contribution < -0.4 is 10.2 Å². The van der Waals surface area contributed by atoms with Crippen LogP contribution >= 0.6 is 0 Å². The molecule has 3 heteroatoms. The van der Waals surface area contributed by atoms with Gasteiger partial charge in [-0.1, -0.05) is 31.5 Å². The van der Waals surface area contributed by atoms with Crippen LogP contribution in [0.3, 0.4) is 0 Å². The largest absolute Gasteiger partial charge is 0.370 e. The fourth-order valence-electron chi connectivity index (χ4n) is 3.21. The average molecular weight is 274 g/mol. The summed E-state index contributed by atoms with van der Waals surface area (Å²) in [6, 6.07) is 8.62. The van der Waals surface area contributed by atoms with Crippen molar-refractivity contribution in [2.45, 2.75) is 40.0 Å². The summed E-state index contributed by atoms with van der Waals surface area (Å²) in [6.45, 7) is 8.90. The number of amides is 1. The monoisotopic (exact) mass is 274 g/mol. The number of anilines is 1. The average Bonchev–Trinajstić information content (AvgIpc) is 2.83. The minimum absolute atomic E-state index is 0.122. The lowest BCUT2D eigenvalue weighted by molar-refractivity contribution is -0.128. The van der Waals surface area contributed by atoms with Gasteiger partial charge in [0.1, 0.15) is 0 Å². The fourth-order valence-corrected chi connectivity index (χ4v) is 3.21. The molecule has 3 rings (SSSR count). The first kappa shape index (κ1) is 14.9. The van der Waals surface area contributed by atoms with E-state index >= 15 is 0 Å². The first-order valence-electron chi connectivity index (χ1n) is 7.80. The summed E-state index contributed by atoms with van der Waals surface area (Å²) in [4.78, 5) is 14.4. The quantitative estimate of drug-likeness (QED) is 0.853. The number of piperidine rings is 1. The molecular formula is C17H26N2O. The van der Waals surface area contributed by atoms with Gasteiger partial charge in [-0.25, -0.2) is 0 Å². The van der Waals surface area contributed by atoms with E-state index in [-0.39, 0.29) is 11.3 Å².